The molecule has 1 atom stereocenters. The molecule has 2 aliphatic heterocycles. The van der Waals surface area contributed by atoms with Gasteiger partial charge in [0.1, 0.15) is 23.1 Å². The number of carbonyl (C=O) groups excluding carboxylic acids is 2. The average Bonchev–Trinajstić information content (AvgIpc) is 3.13. The Bertz CT molecular complexity index is 1120. The predicted molar refractivity (Wildman–Crippen MR) is 149 cm³/mol. The topological polar surface area (TPSA) is 71.1 Å². The highest BCUT2D eigenvalue weighted by atomic mass is 16.6. The van der Waals surface area contributed by atoms with E-state index in [1.54, 1.807) is 12.0 Å². The first-order valence-electron chi connectivity index (χ1n) is 13.6. The predicted octanol–water partition coefficient (Wildman–Crippen LogP) is 5.44. The van der Waals surface area contributed by atoms with Gasteiger partial charge in [0, 0.05) is 19.6 Å². The highest BCUT2D eigenvalue weighted by Crippen LogP contribution is 2.38. The van der Waals surface area contributed by atoms with Crippen LogP contribution in [0, 0.1) is 0 Å². The van der Waals surface area contributed by atoms with E-state index in [9.17, 15) is 9.59 Å². The van der Waals surface area contributed by atoms with Crippen LogP contribution in [0.5, 0.6) is 5.75 Å². The van der Waals surface area contributed by atoms with Crippen molar-refractivity contribution >= 4 is 12.0 Å². The summed E-state index contributed by atoms with van der Waals surface area (Å²) in [4.78, 5) is 30.4. The smallest absolute Gasteiger partial charge is 0.410 e. The molecule has 38 heavy (non-hydrogen) atoms. The molecule has 1 N–H and O–H groups in total. The fourth-order valence-corrected chi connectivity index (χ4v) is 5.25. The zero-order chi connectivity index (χ0) is 27.7. The van der Waals surface area contributed by atoms with Gasteiger partial charge < -0.3 is 19.3 Å². The van der Waals surface area contributed by atoms with Gasteiger partial charge in [0.25, 0.3) is 0 Å². The number of nitrogens with zero attached hydrogens (tertiary/aromatic N) is 2. The number of piperidine rings is 1. The summed E-state index contributed by atoms with van der Waals surface area (Å²) in [7, 11) is 1.66. The Morgan fingerprint density at radius 1 is 0.974 bits per heavy atom. The first kappa shape index (κ1) is 28.0. The van der Waals surface area contributed by atoms with Crippen LogP contribution in [0.2, 0.25) is 0 Å². The Labute approximate surface area is 227 Å². The summed E-state index contributed by atoms with van der Waals surface area (Å²) >= 11 is 0. The van der Waals surface area contributed by atoms with E-state index < -0.39 is 11.1 Å². The minimum atomic E-state index is -0.689. The zero-order valence-electron chi connectivity index (χ0n) is 24.0. The summed E-state index contributed by atoms with van der Waals surface area (Å²) in [5.41, 5.74) is 2.31. The number of amides is 2. The van der Waals surface area contributed by atoms with Gasteiger partial charge in [-0.1, -0.05) is 57.2 Å². The lowest BCUT2D eigenvalue weighted by molar-refractivity contribution is -0.134. The van der Waals surface area contributed by atoms with Crippen LogP contribution in [-0.2, 0) is 21.4 Å². The highest BCUT2D eigenvalue weighted by molar-refractivity contribution is 5.89. The van der Waals surface area contributed by atoms with Crippen LogP contribution >= 0.6 is 0 Å². The molecule has 2 aliphatic rings. The monoisotopic (exact) mass is 521 g/mol. The molecule has 0 aliphatic carbocycles. The molecule has 2 amide bonds. The second-order valence-electron chi connectivity index (χ2n) is 12.6. The number of benzene rings is 2. The van der Waals surface area contributed by atoms with Crippen molar-refractivity contribution in [2.45, 2.75) is 83.5 Å². The second kappa shape index (κ2) is 10.6. The number of ether oxygens (including phenoxy) is 2. The molecule has 2 heterocycles. The maximum atomic E-state index is 14.0. The average molecular weight is 522 g/mol. The molecule has 7 heteroatoms. The minimum Gasteiger partial charge on any atom is -0.497 e. The Balaban J connectivity index is 1.54. The van der Waals surface area contributed by atoms with Crippen LogP contribution in [0.4, 0.5) is 4.79 Å². The van der Waals surface area contributed by atoms with E-state index in [0.29, 0.717) is 32.5 Å². The summed E-state index contributed by atoms with van der Waals surface area (Å²) in [5.74, 6) is 0.930. The van der Waals surface area contributed by atoms with Crippen molar-refractivity contribution in [3.8, 4) is 5.75 Å². The van der Waals surface area contributed by atoms with Gasteiger partial charge in [0.05, 0.1) is 7.11 Å². The molecule has 4 rings (SSSR count). The molecule has 0 radical (unpaired) electrons. The molecule has 2 fully saturated rings. The van der Waals surface area contributed by atoms with E-state index in [2.05, 4.69) is 62.5 Å². The maximum absolute atomic E-state index is 14.0. The van der Waals surface area contributed by atoms with Gasteiger partial charge in [-0.05, 0) is 74.3 Å². The van der Waals surface area contributed by atoms with Crippen LogP contribution < -0.4 is 10.1 Å². The standard InChI is InChI=1S/C31H43N3O4/c1-29(2,3)24-12-10-23(11-13-24)26-32-31(17-20-33(21-18-31)28(36)38-30(4,5)6)27(35)34(26)19-16-22-8-14-25(37-7)15-9-22/h8-15,26,32H,16-21H2,1-7H3. The summed E-state index contributed by atoms with van der Waals surface area (Å²) in [6.07, 6.45) is 1.32. The van der Waals surface area contributed by atoms with Crippen molar-refractivity contribution in [3.63, 3.8) is 0 Å². The molecule has 206 valence electrons. The Morgan fingerprint density at radius 3 is 2.11 bits per heavy atom. The lowest BCUT2D eigenvalue weighted by Gasteiger charge is -2.38. The van der Waals surface area contributed by atoms with Crippen LogP contribution in [0.15, 0.2) is 48.5 Å². The van der Waals surface area contributed by atoms with Crippen molar-refractivity contribution in [3.05, 3.63) is 65.2 Å². The number of hydrogen-bond donors (Lipinski definition) is 1. The third kappa shape index (κ3) is 6.15. The minimum absolute atomic E-state index is 0.0568. The van der Waals surface area contributed by atoms with Gasteiger partial charge in [0.2, 0.25) is 5.91 Å². The van der Waals surface area contributed by atoms with E-state index in [1.165, 1.54) is 5.56 Å². The third-order valence-electron chi connectivity index (χ3n) is 7.56. The summed E-state index contributed by atoms with van der Waals surface area (Å²) in [6, 6.07) is 16.6. The summed E-state index contributed by atoms with van der Waals surface area (Å²) in [5, 5.41) is 3.72. The van der Waals surface area contributed by atoms with E-state index in [1.807, 2.05) is 37.8 Å². The van der Waals surface area contributed by atoms with Gasteiger partial charge in [-0.2, -0.15) is 0 Å². The SMILES string of the molecule is COc1ccc(CCN2C(=O)C3(CCN(C(=O)OC(C)(C)C)CC3)NC2c2ccc(C(C)(C)C)cc2)cc1. The zero-order valence-corrected chi connectivity index (χ0v) is 24.0. The van der Waals surface area contributed by atoms with Crippen LogP contribution in [0.1, 0.15) is 77.2 Å². The van der Waals surface area contributed by atoms with Crippen LogP contribution in [0.25, 0.3) is 0 Å². The van der Waals surface area contributed by atoms with Crippen molar-refractivity contribution in [1.82, 2.24) is 15.1 Å². The van der Waals surface area contributed by atoms with Gasteiger partial charge in [0.15, 0.2) is 0 Å². The summed E-state index contributed by atoms with van der Waals surface area (Å²) in [6.45, 7) is 13.8. The molecule has 2 aromatic carbocycles. The second-order valence-corrected chi connectivity index (χ2v) is 12.6. The number of methoxy groups -OCH3 is 1. The Kier molecular flexibility index (Phi) is 7.80. The first-order chi connectivity index (χ1) is 17.8. The molecule has 1 spiro atoms. The molecule has 1 unspecified atom stereocenters. The van der Waals surface area contributed by atoms with E-state index in [-0.39, 0.29) is 23.6 Å². The fraction of sp³-hybridized carbons (Fsp3) is 0.548. The highest BCUT2D eigenvalue weighted by Gasteiger charge is 2.53. The Hall–Kier alpha value is -3.06. The van der Waals surface area contributed by atoms with E-state index >= 15 is 0 Å². The van der Waals surface area contributed by atoms with Gasteiger partial charge >= 0.3 is 6.09 Å². The number of rotatable bonds is 5. The number of carbonyl (C=O) groups is 2. The molecule has 7 nitrogen and oxygen atoms in total. The molecular formula is C31H43N3O4. The number of nitrogens with one attached hydrogen (secondary N) is 1. The fourth-order valence-electron chi connectivity index (χ4n) is 5.25. The third-order valence-corrected chi connectivity index (χ3v) is 7.56. The molecule has 0 bridgehead atoms. The van der Waals surface area contributed by atoms with E-state index in [4.69, 9.17) is 9.47 Å². The van der Waals surface area contributed by atoms with Crippen molar-refractivity contribution in [1.29, 1.82) is 0 Å². The van der Waals surface area contributed by atoms with E-state index in [0.717, 1.165) is 23.3 Å². The Morgan fingerprint density at radius 2 is 1.58 bits per heavy atom. The molecule has 2 aromatic rings. The maximum Gasteiger partial charge on any atom is 0.410 e. The van der Waals surface area contributed by atoms with Crippen molar-refractivity contribution in [2.75, 3.05) is 26.7 Å². The first-order valence-corrected chi connectivity index (χ1v) is 13.6. The quantitative estimate of drug-likeness (QED) is 0.568. The normalized spacial score (nSPS) is 19.7. The molecule has 0 aromatic heterocycles. The number of hydrogen-bond acceptors (Lipinski definition) is 5. The van der Waals surface area contributed by atoms with Crippen LogP contribution in [0.3, 0.4) is 0 Å². The molecule has 0 saturated carbocycles. The van der Waals surface area contributed by atoms with Gasteiger partial charge in [-0.25, -0.2) is 4.79 Å². The molecular weight excluding hydrogens is 478 g/mol. The molecule has 2 saturated heterocycles. The largest absolute Gasteiger partial charge is 0.497 e. The van der Waals surface area contributed by atoms with Crippen molar-refractivity contribution in [2.24, 2.45) is 0 Å². The lowest BCUT2D eigenvalue weighted by atomic mass is 9.86. The van der Waals surface area contributed by atoms with Crippen LogP contribution in [-0.4, -0.2) is 59.7 Å². The van der Waals surface area contributed by atoms with Crippen molar-refractivity contribution < 1.29 is 19.1 Å². The lowest BCUT2D eigenvalue weighted by Crippen LogP contribution is -2.56. The number of likely N-dealkylation sites (tertiary alicyclic amines) is 1. The summed E-state index contributed by atoms with van der Waals surface area (Å²) < 4.78 is 10.9. The van der Waals surface area contributed by atoms with Gasteiger partial charge in [-0.15, -0.1) is 0 Å². The van der Waals surface area contributed by atoms with Gasteiger partial charge in [-0.3, -0.25) is 10.1 Å².